The summed E-state index contributed by atoms with van der Waals surface area (Å²) in [6, 6.07) is 4.45. The van der Waals surface area contributed by atoms with Gasteiger partial charge in [0.2, 0.25) is 0 Å². The molecule has 2 N–H and O–H groups in total. The minimum atomic E-state index is -1.07. The molecule has 1 heterocycles. The van der Waals surface area contributed by atoms with E-state index in [1.54, 1.807) is 6.07 Å². The predicted molar refractivity (Wildman–Crippen MR) is 77.8 cm³/mol. The van der Waals surface area contributed by atoms with Gasteiger partial charge in [0.05, 0.1) is 16.6 Å². The number of fused-ring (bicyclic) bond motifs is 1. The standard InChI is InChI=1S/C15H16N2O4/c1-8-3-2-4-11(8)17-12-6-5-9(15(20)21)7-10(12)16-13(18)14(17)19/h5-8,11H,2-4H2,1H3,(H,16,18)(H,20,21). The third kappa shape index (κ3) is 2.16. The second-order valence-electron chi connectivity index (χ2n) is 5.64. The van der Waals surface area contributed by atoms with Crippen LogP contribution in [0, 0.1) is 5.92 Å². The molecule has 1 fully saturated rings. The smallest absolute Gasteiger partial charge is 0.335 e. The maximum Gasteiger partial charge on any atom is 0.335 e. The first-order valence-corrected chi connectivity index (χ1v) is 7.01. The van der Waals surface area contributed by atoms with Crippen LogP contribution in [-0.4, -0.2) is 20.6 Å². The Morgan fingerprint density at radius 3 is 2.71 bits per heavy atom. The summed E-state index contributed by atoms with van der Waals surface area (Å²) in [6.45, 7) is 2.07. The molecule has 0 saturated heterocycles. The van der Waals surface area contributed by atoms with E-state index in [-0.39, 0.29) is 11.6 Å². The molecule has 2 aromatic rings. The Kier molecular flexibility index (Phi) is 3.16. The number of aromatic carboxylic acids is 1. The van der Waals surface area contributed by atoms with Gasteiger partial charge in [0.15, 0.2) is 0 Å². The second-order valence-corrected chi connectivity index (χ2v) is 5.64. The average molecular weight is 288 g/mol. The zero-order chi connectivity index (χ0) is 15.1. The molecular formula is C15H16N2O4. The van der Waals surface area contributed by atoms with Crippen LogP contribution in [0.25, 0.3) is 11.0 Å². The van der Waals surface area contributed by atoms with Crippen LogP contribution in [0.5, 0.6) is 0 Å². The van der Waals surface area contributed by atoms with Crippen molar-refractivity contribution in [3.05, 3.63) is 44.5 Å². The Morgan fingerprint density at radius 1 is 1.33 bits per heavy atom. The van der Waals surface area contributed by atoms with Gasteiger partial charge in [-0.25, -0.2) is 4.79 Å². The number of carbonyl (C=O) groups is 1. The summed E-state index contributed by atoms with van der Waals surface area (Å²) in [7, 11) is 0. The number of benzene rings is 1. The molecular weight excluding hydrogens is 272 g/mol. The molecule has 1 saturated carbocycles. The predicted octanol–water partition coefficient (Wildman–Crippen LogP) is 1.75. The van der Waals surface area contributed by atoms with Gasteiger partial charge >= 0.3 is 17.1 Å². The van der Waals surface area contributed by atoms with E-state index in [2.05, 4.69) is 11.9 Å². The lowest BCUT2D eigenvalue weighted by atomic mass is 10.1. The van der Waals surface area contributed by atoms with E-state index in [9.17, 15) is 14.4 Å². The van der Waals surface area contributed by atoms with Crippen molar-refractivity contribution in [3.8, 4) is 0 Å². The minimum absolute atomic E-state index is 0.00187. The van der Waals surface area contributed by atoms with Crippen LogP contribution < -0.4 is 11.1 Å². The highest BCUT2D eigenvalue weighted by Crippen LogP contribution is 2.35. The highest BCUT2D eigenvalue weighted by Gasteiger charge is 2.27. The molecule has 0 amide bonds. The summed E-state index contributed by atoms with van der Waals surface area (Å²) in [6.07, 6.45) is 2.92. The number of hydrogen-bond donors (Lipinski definition) is 2. The number of nitrogens with zero attached hydrogens (tertiary/aromatic N) is 1. The molecule has 0 spiro atoms. The first kappa shape index (κ1) is 13.6. The van der Waals surface area contributed by atoms with Crippen molar-refractivity contribution in [1.82, 2.24) is 9.55 Å². The van der Waals surface area contributed by atoms with E-state index in [4.69, 9.17) is 5.11 Å². The molecule has 2 unspecified atom stereocenters. The SMILES string of the molecule is CC1CCCC1n1c(=O)c(=O)[nH]c2cc(C(=O)O)ccc21. The van der Waals surface area contributed by atoms with Gasteiger partial charge in [-0.3, -0.25) is 14.2 Å². The van der Waals surface area contributed by atoms with Gasteiger partial charge in [-0.2, -0.15) is 0 Å². The highest BCUT2D eigenvalue weighted by molar-refractivity contribution is 5.92. The van der Waals surface area contributed by atoms with E-state index in [0.29, 0.717) is 17.0 Å². The summed E-state index contributed by atoms with van der Waals surface area (Å²) in [4.78, 5) is 37.6. The van der Waals surface area contributed by atoms with Crippen molar-refractivity contribution in [2.45, 2.75) is 32.2 Å². The zero-order valence-corrected chi connectivity index (χ0v) is 11.6. The highest BCUT2D eigenvalue weighted by atomic mass is 16.4. The topological polar surface area (TPSA) is 92.2 Å². The number of nitrogens with one attached hydrogen (secondary N) is 1. The Bertz CT molecular complexity index is 834. The Balaban J connectivity index is 2.32. The van der Waals surface area contributed by atoms with Crippen molar-refractivity contribution in [3.63, 3.8) is 0 Å². The summed E-state index contributed by atoms with van der Waals surface area (Å²) in [5, 5.41) is 9.03. The number of carboxylic acids is 1. The largest absolute Gasteiger partial charge is 0.478 e. The number of aromatic nitrogens is 2. The Hall–Kier alpha value is -2.37. The molecule has 1 aromatic heterocycles. The normalized spacial score (nSPS) is 21.8. The molecule has 6 heteroatoms. The van der Waals surface area contributed by atoms with Crippen molar-refractivity contribution >= 4 is 17.0 Å². The first-order valence-electron chi connectivity index (χ1n) is 7.01. The fourth-order valence-corrected chi connectivity index (χ4v) is 3.21. The van der Waals surface area contributed by atoms with E-state index in [1.807, 2.05) is 0 Å². The summed E-state index contributed by atoms with van der Waals surface area (Å²) in [5.41, 5.74) is -0.210. The quantitative estimate of drug-likeness (QED) is 0.823. The average Bonchev–Trinajstić information content (AvgIpc) is 2.85. The molecule has 1 aromatic carbocycles. The number of carboxylic acid groups (broad SMARTS) is 1. The fourth-order valence-electron chi connectivity index (χ4n) is 3.21. The van der Waals surface area contributed by atoms with E-state index in [1.165, 1.54) is 16.7 Å². The zero-order valence-electron chi connectivity index (χ0n) is 11.6. The van der Waals surface area contributed by atoms with Gasteiger partial charge in [-0.05, 0) is 37.0 Å². The van der Waals surface area contributed by atoms with Crippen molar-refractivity contribution in [2.75, 3.05) is 0 Å². The van der Waals surface area contributed by atoms with Crippen molar-refractivity contribution in [1.29, 1.82) is 0 Å². The molecule has 6 nitrogen and oxygen atoms in total. The van der Waals surface area contributed by atoms with Gasteiger partial charge in [0.25, 0.3) is 0 Å². The maximum absolute atomic E-state index is 12.2. The van der Waals surface area contributed by atoms with E-state index < -0.39 is 17.1 Å². The monoisotopic (exact) mass is 288 g/mol. The van der Waals surface area contributed by atoms with Gasteiger partial charge in [0, 0.05) is 6.04 Å². The molecule has 2 atom stereocenters. The Labute approximate surface area is 120 Å². The third-order valence-corrected chi connectivity index (χ3v) is 4.31. The van der Waals surface area contributed by atoms with Crippen LogP contribution in [0.15, 0.2) is 27.8 Å². The molecule has 110 valence electrons. The van der Waals surface area contributed by atoms with E-state index >= 15 is 0 Å². The lowest BCUT2D eigenvalue weighted by Crippen LogP contribution is -2.39. The molecule has 1 aliphatic rings. The fraction of sp³-hybridized carbons (Fsp3) is 0.400. The van der Waals surface area contributed by atoms with Gasteiger partial charge in [-0.1, -0.05) is 13.3 Å². The summed E-state index contributed by atoms with van der Waals surface area (Å²) < 4.78 is 1.54. The lowest BCUT2D eigenvalue weighted by Gasteiger charge is -2.20. The van der Waals surface area contributed by atoms with Gasteiger partial charge < -0.3 is 10.1 Å². The van der Waals surface area contributed by atoms with Crippen LogP contribution in [-0.2, 0) is 0 Å². The van der Waals surface area contributed by atoms with Crippen molar-refractivity contribution < 1.29 is 9.90 Å². The molecule has 0 radical (unpaired) electrons. The number of rotatable bonds is 2. The molecule has 3 rings (SSSR count). The molecule has 0 aliphatic heterocycles. The van der Waals surface area contributed by atoms with Crippen LogP contribution in [0.3, 0.4) is 0 Å². The van der Waals surface area contributed by atoms with Crippen LogP contribution >= 0.6 is 0 Å². The Morgan fingerprint density at radius 2 is 2.10 bits per heavy atom. The molecule has 1 aliphatic carbocycles. The van der Waals surface area contributed by atoms with Gasteiger partial charge in [-0.15, -0.1) is 0 Å². The van der Waals surface area contributed by atoms with E-state index in [0.717, 1.165) is 19.3 Å². The summed E-state index contributed by atoms with van der Waals surface area (Å²) in [5.74, 6) is -0.739. The maximum atomic E-state index is 12.2. The number of aromatic amines is 1. The summed E-state index contributed by atoms with van der Waals surface area (Å²) >= 11 is 0. The first-order chi connectivity index (χ1) is 9.99. The molecule has 0 bridgehead atoms. The van der Waals surface area contributed by atoms with Crippen LogP contribution in [0.4, 0.5) is 0 Å². The molecule has 21 heavy (non-hydrogen) atoms. The van der Waals surface area contributed by atoms with Gasteiger partial charge in [0.1, 0.15) is 0 Å². The third-order valence-electron chi connectivity index (χ3n) is 4.31. The number of hydrogen-bond acceptors (Lipinski definition) is 3. The van der Waals surface area contributed by atoms with Crippen LogP contribution in [0.1, 0.15) is 42.6 Å². The number of H-pyrrole nitrogens is 1. The van der Waals surface area contributed by atoms with Crippen molar-refractivity contribution in [2.24, 2.45) is 5.92 Å². The second kappa shape index (κ2) is 4.87. The minimum Gasteiger partial charge on any atom is -0.478 e. The lowest BCUT2D eigenvalue weighted by molar-refractivity contribution is 0.0697. The van der Waals surface area contributed by atoms with Crippen LogP contribution in [0.2, 0.25) is 0 Å².